The molecule has 11 nitrogen and oxygen atoms in total. The van der Waals surface area contributed by atoms with Gasteiger partial charge in [0.25, 0.3) is 5.91 Å². The fourth-order valence-electron chi connectivity index (χ4n) is 4.60. The average molecular weight is 499 g/mol. The van der Waals surface area contributed by atoms with E-state index in [0.717, 1.165) is 37.3 Å². The summed E-state index contributed by atoms with van der Waals surface area (Å²) in [7, 11) is 3.10. The number of amides is 1. The molecule has 4 N–H and O–H groups in total. The highest BCUT2D eigenvalue weighted by molar-refractivity contribution is 6.04. The van der Waals surface area contributed by atoms with E-state index in [-0.39, 0.29) is 34.9 Å². The minimum Gasteiger partial charge on any atom is -0.496 e. The molecule has 2 aromatic heterocycles. The highest BCUT2D eigenvalue weighted by atomic mass is 16.5. The van der Waals surface area contributed by atoms with Gasteiger partial charge in [-0.3, -0.25) is 9.48 Å². The summed E-state index contributed by atoms with van der Waals surface area (Å²) in [6.07, 6.45) is 3.59. The molecule has 2 unspecified atom stereocenters. The van der Waals surface area contributed by atoms with Crippen LogP contribution >= 0.6 is 0 Å². The Morgan fingerprint density at radius 3 is 2.36 bits per heavy atom. The molecule has 2 heterocycles. The third kappa shape index (κ3) is 5.12. The number of nitrogens with zero attached hydrogens (tertiary/aromatic N) is 3. The van der Waals surface area contributed by atoms with E-state index in [1.807, 2.05) is 6.92 Å². The van der Waals surface area contributed by atoms with Crippen molar-refractivity contribution in [1.82, 2.24) is 14.8 Å². The fourth-order valence-corrected chi connectivity index (χ4v) is 4.60. The van der Waals surface area contributed by atoms with Crippen molar-refractivity contribution in [2.24, 2.45) is 5.73 Å². The second-order valence-electron chi connectivity index (χ2n) is 8.89. The lowest BCUT2D eigenvalue weighted by atomic mass is 10.0. The van der Waals surface area contributed by atoms with Crippen molar-refractivity contribution in [3.8, 4) is 11.5 Å². The lowest BCUT2D eigenvalue weighted by Gasteiger charge is -2.27. The van der Waals surface area contributed by atoms with E-state index in [2.05, 4.69) is 10.1 Å². The van der Waals surface area contributed by atoms with E-state index < -0.39 is 24.1 Å². The quantitative estimate of drug-likeness (QED) is 0.382. The van der Waals surface area contributed by atoms with Gasteiger partial charge in [0.15, 0.2) is 0 Å². The van der Waals surface area contributed by atoms with E-state index in [0.29, 0.717) is 17.1 Å². The monoisotopic (exact) mass is 498 g/mol. The maximum Gasteiger partial charge on any atom is 0.338 e. The Balaban J connectivity index is 1.72. The Bertz CT molecular complexity index is 1260. The van der Waals surface area contributed by atoms with Crippen molar-refractivity contribution in [1.29, 1.82) is 0 Å². The molecule has 11 heteroatoms. The van der Waals surface area contributed by atoms with Crippen LogP contribution in [0.5, 0.6) is 11.5 Å². The van der Waals surface area contributed by atoms with Crippen LogP contribution in [0.15, 0.2) is 24.4 Å². The average Bonchev–Trinajstić information content (AvgIpc) is 3.51. The number of benzene rings is 1. The number of fused-ring (bicyclic) bond motifs is 1. The van der Waals surface area contributed by atoms with Crippen LogP contribution in [-0.4, -0.2) is 63.3 Å². The lowest BCUT2D eigenvalue weighted by molar-refractivity contribution is -0.0845. The van der Waals surface area contributed by atoms with Crippen molar-refractivity contribution in [3.63, 3.8) is 0 Å². The fraction of sp³-hybridized carbons (Fsp3) is 0.440. The first-order chi connectivity index (χ1) is 17.2. The molecule has 0 radical (unpaired) electrons. The van der Waals surface area contributed by atoms with Gasteiger partial charge >= 0.3 is 5.97 Å². The van der Waals surface area contributed by atoms with E-state index >= 15 is 0 Å². The topological polar surface area (TPSA) is 159 Å². The molecule has 1 amide bonds. The van der Waals surface area contributed by atoms with Gasteiger partial charge in [-0.1, -0.05) is 12.8 Å². The summed E-state index contributed by atoms with van der Waals surface area (Å²) >= 11 is 0. The van der Waals surface area contributed by atoms with Gasteiger partial charge < -0.3 is 30.2 Å². The summed E-state index contributed by atoms with van der Waals surface area (Å²) in [6, 6.07) is 4.60. The van der Waals surface area contributed by atoms with Crippen molar-refractivity contribution < 1.29 is 34.0 Å². The predicted octanol–water partition coefficient (Wildman–Crippen LogP) is 2.62. The summed E-state index contributed by atoms with van der Waals surface area (Å²) in [5, 5.41) is 25.4. The van der Waals surface area contributed by atoms with Crippen molar-refractivity contribution in [2.45, 2.75) is 57.5 Å². The molecular weight excluding hydrogens is 468 g/mol. The van der Waals surface area contributed by atoms with E-state index in [1.54, 1.807) is 26.4 Å². The molecule has 1 aliphatic rings. The Hall–Kier alpha value is -3.70. The summed E-state index contributed by atoms with van der Waals surface area (Å²) in [5.41, 5.74) is 6.64. The minimum absolute atomic E-state index is 0.0157. The first kappa shape index (κ1) is 25.4. The molecule has 1 saturated carbocycles. The molecule has 3 aromatic rings. The number of hydrogen-bond acceptors (Lipinski definition) is 8. The number of carboxylic acid groups (broad SMARTS) is 1. The number of carboxylic acids is 1. The lowest BCUT2D eigenvalue weighted by Crippen LogP contribution is -2.31. The van der Waals surface area contributed by atoms with Crippen LogP contribution in [0.2, 0.25) is 0 Å². The standard InChI is InChI=1S/C25H30N4O7/c1-13-19(34-2)8-14(9-20(13)35-3)23(30)21(36-15-6-4-5-7-15)12-29-11-18-22(28-29)16(25(32)33)10-17(27-18)24(26)31/h8-11,15,21,23,30H,4-7,12H2,1-3H3,(H2,26,31)(H,32,33). The summed E-state index contributed by atoms with van der Waals surface area (Å²) in [5.74, 6) is -0.954. The molecule has 0 saturated heterocycles. The molecule has 1 aromatic carbocycles. The third-order valence-corrected chi connectivity index (χ3v) is 6.51. The largest absolute Gasteiger partial charge is 0.496 e. The van der Waals surface area contributed by atoms with E-state index in [4.69, 9.17) is 19.9 Å². The minimum atomic E-state index is -1.26. The predicted molar refractivity (Wildman–Crippen MR) is 129 cm³/mol. The van der Waals surface area contributed by atoms with Gasteiger partial charge in [-0.2, -0.15) is 5.10 Å². The number of aliphatic hydroxyl groups excluding tert-OH is 1. The number of nitrogens with two attached hydrogens (primary N) is 1. The number of rotatable bonds is 10. The van der Waals surface area contributed by atoms with Gasteiger partial charge in [-0.25, -0.2) is 9.78 Å². The summed E-state index contributed by atoms with van der Waals surface area (Å²) in [6.45, 7) is 1.97. The van der Waals surface area contributed by atoms with Crippen LogP contribution in [0.25, 0.3) is 11.0 Å². The van der Waals surface area contributed by atoms with Gasteiger partial charge in [-0.05, 0) is 43.5 Å². The number of aromatic carboxylic acids is 1. The van der Waals surface area contributed by atoms with Gasteiger partial charge in [0, 0.05) is 5.56 Å². The molecule has 2 atom stereocenters. The Morgan fingerprint density at radius 1 is 1.17 bits per heavy atom. The molecule has 0 bridgehead atoms. The number of methoxy groups -OCH3 is 2. The van der Waals surface area contributed by atoms with Crippen LogP contribution < -0.4 is 15.2 Å². The van der Waals surface area contributed by atoms with Crippen LogP contribution in [0.4, 0.5) is 0 Å². The molecule has 1 aliphatic carbocycles. The molecular formula is C25H30N4O7. The summed E-state index contributed by atoms with van der Waals surface area (Å²) in [4.78, 5) is 27.6. The molecule has 192 valence electrons. The van der Waals surface area contributed by atoms with Crippen LogP contribution in [0.3, 0.4) is 0 Å². The van der Waals surface area contributed by atoms with Crippen molar-refractivity contribution in [2.75, 3.05) is 14.2 Å². The number of ether oxygens (including phenoxy) is 3. The number of aliphatic hydroxyl groups is 1. The van der Waals surface area contributed by atoms with Crippen LogP contribution in [0, 0.1) is 6.92 Å². The van der Waals surface area contributed by atoms with E-state index in [9.17, 15) is 19.8 Å². The third-order valence-electron chi connectivity index (χ3n) is 6.51. The number of aromatic nitrogens is 3. The Morgan fingerprint density at radius 2 is 1.81 bits per heavy atom. The van der Waals surface area contributed by atoms with Crippen molar-refractivity contribution >= 4 is 22.9 Å². The zero-order valence-corrected chi connectivity index (χ0v) is 20.4. The second kappa shape index (κ2) is 10.5. The summed E-state index contributed by atoms with van der Waals surface area (Å²) < 4.78 is 18.7. The van der Waals surface area contributed by atoms with E-state index in [1.165, 1.54) is 10.9 Å². The smallest absolute Gasteiger partial charge is 0.338 e. The van der Waals surface area contributed by atoms with Gasteiger partial charge in [0.1, 0.15) is 40.4 Å². The van der Waals surface area contributed by atoms with Gasteiger partial charge in [0.05, 0.1) is 38.6 Å². The number of pyridine rings is 1. The molecule has 0 spiro atoms. The highest BCUT2D eigenvalue weighted by Crippen LogP contribution is 2.35. The van der Waals surface area contributed by atoms with Crippen LogP contribution in [0.1, 0.15) is 63.8 Å². The zero-order valence-electron chi connectivity index (χ0n) is 20.4. The SMILES string of the molecule is COc1cc(C(O)C(Cn2cc3nc(C(N)=O)cc(C(=O)O)c3n2)OC2CCCC2)cc(OC)c1C. The maximum atomic E-state index is 11.8. The first-order valence-electron chi connectivity index (χ1n) is 11.7. The Kier molecular flexibility index (Phi) is 7.41. The second-order valence-corrected chi connectivity index (χ2v) is 8.89. The number of carbonyl (C=O) groups is 2. The first-order valence-corrected chi connectivity index (χ1v) is 11.7. The molecule has 36 heavy (non-hydrogen) atoms. The maximum absolute atomic E-state index is 11.8. The van der Waals surface area contributed by atoms with Gasteiger partial charge in [-0.15, -0.1) is 0 Å². The zero-order chi connectivity index (χ0) is 26.0. The Labute approximate surface area is 207 Å². The normalized spacial score (nSPS) is 15.7. The van der Waals surface area contributed by atoms with Crippen molar-refractivity contribution in [3.05, 3.63) is 46.8 Å². The molecule has 0 aliphatic heterocycles. The van der Waals surface area contributed by atoms with Gasteiger partial charge in [0.2, 0.25) is 0 Å². The molecule has 1 fully saturated rings. The highest BCUT2D eigenvalue weighted by Gasteiger charge is 2.29. The number of hydrogen-bond donors (Lipinski definition) is 3. The molecule has 4 rings (SSSR count). The number of primary amides is 1. The number of carbonyl (C=O) groups excluding carboxylic acids is 1. The van der Waals surface area contributed by atoms with Crippen LogP contribution in [-0.2, 0) is 11.3 Å².